The molecule has 0 bridgehead atoms. The first-order valence-corrected chi connectivity index (χ1v) is 8.22. The molecule has 1 aliphatic rings. The van der Waals surface area contributed by atoms with Crippen molar-refractivity contribution < 1.29 is 4.74 Å². The zero-order valence-corrected chi connectivity index (χ0v) is 12.6. The highest BCUT2D eigenvalue weighted by molar-refractivity contribution is 9.09. The predicted molar refractivity (Wildman–Crippen MR) is 78.4 cm³/mol. The Morgan fingerprint density at radius 3 is 2.65 bits per heavy atom. The van der Waals surface area contributed by atoms with E-state index in [4.69, 9.17) is 4.74 Å². The number of thioether (sulfide) groups is 1. The Kier molecular flexibility index (Phi) is 4.80. The quantitative estimate of drug-likeness (QED) is 0.573. The number of benzene rings is 1. The molecule has 1 aliphatic carbocycles. The highest BCUT2D eigenvalue weighted by Gasteiger charge is 2.32. The Balaban J connectivity index is 2.01. The fourth-order valence-corrected chi connectivity index (χ4v) is 4.75. The molecular weight excluding hydrogens is 296 g/mol. The summed E-state index contributed by atoms with van der Waals surface area (Å²) in [6, 6.07) is 8.30. The van der Waals surface area contributed by atoms with Gasteiger partial charge in [-0.05, 0) is 30.4 Å². The van der Waals surface area contributed by atoms with Crippen LogP contribution in [0.15, 0.2) is 29.2 Å². The summed E-state index contributed by atoms with van der Waals surface area (Å²) in [7, 11) is 1.75. The van der Waals surface area contributed by atoms with Crippen molar-refractivity contribution in [2.75, 3.05) is 18.2 Å². The monoisotopic (exact) mass is 314 g/mol. The molecule has 0 radical (unpaired) electrons. The van der Waals surface area contributed by atoms with Crippen LogP contribution in [0.25, 0.3) is 0 Å². The number of rotatable bonds is 5. The van der Waals surface area contributed by atoms with Gasteiger partial charge in [-0.3, -0.25) is 0 Å². The molecule has 0 aliphatic heterocycles. The molecule has 0 amide bonds. The van der Waals surface area contributed by atoms with Gasteiger partial charge in [0.2, 0.25) is 0 Å². The average molecular weight is 315 g/mol. The normalized spacial score (nSPS) is 18.2. The van der Waals surface area contributed by atoms with Crippen LogP contribution in [0.5, 0.6) is 5.75 Å². The summed E-state index contributed by atoms with van der Waals surface area (Å²) in [5.74, 6) is 2.19. The van der Waals surface area contributed by atoms with Gasteiger partial charge in [0.15, 0.2) is 0 Å². The molecule has 0 heterocycles. The van der Waals surface area contributed by atoms with Crippen molar-refractivity contribution in [2.45, 2.75) is 30.6 Å². The summed E-state index contributed by atoms with van der Waals surface area (Å²) in [6.45, 7) is 0. The van der Waals surface area contributed by atoms with Crippen LogP contribution in [-0.2, 0) is 0 Å². The number of methoxy groups -OCH3 is 1. The third-order valence-electron chi connectivity index (χ3n) is 3.55. The molecule has 0 atom stereocenters. The first kappa shape index (κ1) is 13.3. The Bertz CT molecular complexity index is 361. The fourth-order valence-electron chi connectivity index (χ4n) is 2.41. The fraction of sp³-hybridized carbons (Fsp3) is 0.571. The second-order valence-electron chi connectivity index (χ2n) is 4.78. The lowest BCUT2D eigenvalue weighted by molar-refractivity contribution is 0.399. The van der Waals surface area contributed by atoms with E-state index in [9.17, 15) is 0 Å². The number of para-hydroxylation sites is 1. The largest absolute Gasteiger partial charge is 0.496 e. The Labute approximate surface area is 116 Å². The van der Waals surface area contributed by atoms with E-state index in [-0.39, 0.29) is 0 Å². The molecule has 17 heavy (non-hydrogen) atoms. The van der Waals surface area contributed by atoms with Crippen LogP contribution in [0.2, 0.25) is 0 Å². The number of hydrogen-bond acceptors (Lipinski definition) is 2. The lowest BCUT2D eigenvalue weighted by atomic mass is 9.92. The first-order valence-electron chi connectivity index (χ1n) is 6.11. The molecule has 0 unspecified atom stereocenters. The molecule has 1 fully saturated rings. The van der Waals surface area contributed by atoms with Gasteiger partial charge in [-0.25, -0.2) is 0 Å². The van der Waals surface area contributed by atoms with E-state index in [0.29, 0.717) is 5.41 Å². The van der Waals surface area contributed by atoms with Crippen molar-refractivity contribution in [1.29, 1.82) is 0 Å². The second-order valence-corrected chi connectivity index (χ2v) is 6.36. The summed E-state index contributed by atoms with van der Waals surface area (Å²) in [6.07, 6.45) is 5.50. The van der Waals surface area contributed by atoms with Crippen molar-refractivity contribution in [3.8, 4) is 5.75 Å². The molecule has 1 aromatic rings. The predicted octanol–water partition coefficient (Wildman–Crippen LogP) is 4.74. The van der Waals surface area contributed by atoms with Crippen LogP contribution in [0.3, 0.4) is 0 Å². The van der Waals surface area contributed by atoms with Crippen molar-refractivity contribution >= 4 is 27.7 Å². The van der Waals surface area contributed by atoms with Crippen LogP contribution in [-0.4, -0.2) is 18.2 Å². The van der Waals surface area contributed by atoms with E-state index in [1.54, 1.807) is 7.11 Å². The van der Waals surface area contributed by atoms with E-state index in [1.165, 1.54) is 36.3 Å². The van der Waals surface area contributed by atoms with Crippen molar-refractivity contribution in [3.63, 3.8) is 0 Å². The van der Waals surface area contributed by atoms with Crippen LogP contribution in [0.1, 0.15) is 25.7 Å². The van der Waals surface area contributed by atoms with E-state index in [2.05, 4.69) is 28.1 Å². The highest BCUT2D eigenvalue weighted by Crippen LogP contribution is 2.44. The van der Waals surface area contributed by atoms with Crippen LogP contribution >= 0.6 is 27.7 Å². The number of halogens is 1. The lowest BCUT2D eigenvalue weighted by Crippen LogP contribution is -2.21. The third-order valence-corrected chi connectivity index (χ3v) is 6.15. The molecule has 1 nitrogen and oxygen atoms in total. The number of hydrogen-bond donors (Lipinski definition) is 0. The minimum absolute atomic E-state index is 0.505. The van der Waals surface area contributed by atoms with Gasteiger partial charge in [-0.2, -0.15) is 0 Å². The van der Waals surface area contributed by atoms with Crippen LogP contribution < -0.4 is 4.74 Å². The van der Waals surface area contributed by atoms with E-state index in [0.717, 1.165) is 11.1 Å². The third kappa shape index (κ3) is 3.19. The van der Waals surface area contributed by atoms with Crippen LogP contribution in [0, 0.1) is 5.41 Å². The maximum absolute atomic E-state index is 5.39. The zero-order valence-electron chi connectivity index (χ0n) is 10.2. The molecule has 0 aromatic heterocycles. The summed E-state index contributed by atoms with van der Waals surface area (Å²) < 4.78 is 5.39. The Morgan fingerprint density at radius 2 is 2.00 bits per heavy atom. The van der Waals surface area contributed by atoms with E-state index in [1.807, 2.05) is 23.9 Å². The van der Waals surface area contributed by atoms with E-state index < -0.39 is 0 Å². The SMILES string of the molecule is COc1ccccc1SCC1(CBr)CCCC1. The summed E-state index contributed by atoms with van der Waals surface area (Å²) in [4.78, 5) is 1.27. The van der Waals surface area contributed by atoms with Gasteiger partial charge in [-0.1, -0.05) is 40.9 Å². The topological polar surface area (TPSA) is 9.23 Å². The zero-order chi connectivity index (χ0) is 12.1. The van der Waals surface area contributed by atoms with Gasteiger partial charge in [0, 0.05) is 16.0 Å². The highest BCUT2D eigenvalue weighted by atomic mass is 79.9. The first-order chi connectivity index (χ1) is 8.29. The Hall–Kier alpha value is -0.150. The van der Waals surface area contributed by atoms with Gasteiger partial charge >= 0.3 is 0 Å². The molecular formula is C14H19BrOS. The maximum Gasteiger partial charge on any atom is 0.132 e. The summed E-state index contributed by atoms with van der Waals surface area (Å²) in [5, 5.41) is 1.13. The van der Waals surface area contributed by atoms with E-state index >= 15 is 0 Å². The molecule has 0 N–H and O–H groups in total. The molecule has 1 aromatic carbocycles. The van der Waals surface area contributed by atoms with Crippen LogP contribution in [0.4, 0.5) is 0 Å². The van der Waals surface area contributed by atoms with Gasteiger partial charge in [0.05, 0.1) is 7.11 Å². The molecule has 0 spiro atoms. The van der Waals surface area contributed by atoms with Crippen molar-refractivity contribution in [2.24, 2.45) is 5.41 Å². The molecule has 0 saturated heterocycles. The van der Waals surface area contributed by atoms with Gasteiger partial charge < -0.3 is 4.74 Å². The van der Waals surface area contributed by atoms with Crippen molar-refractivity contribution in [1.82, 2.24) is 0 Å². The summed E-state index contributed by atoms with van der Waals surface area (Å²) >= 11 is 5.64. The Morgan fingerprint density at radius 1 is 1.29 bits per heavy atom. The lowest BCUT2D eigenvalue weighted by Gasteiger charge is -2.26. The maximum atomic E-state index is 5.39. The van der Waals surface area contributed by atoms with Gasteiger partial charge in [-0.15, -0.1) is 11.8 Å². The van der Waals surface area contributed by atoms with Gasteiger partial charge in [0.1, 0.15) is 5.75 Å². The molecule has 1 saturated carbocycles. The second kappa shape index (κ2) is 6.14. The standard InChI is InChI=1S/C14H19BrOS/c1-16-12-6-2-3-7-13(12)17-11-14(10-15)8-4-5-9-14/h2-3,6-7H,4-5,8-11H2,1H3. The smallest absolute Gasteiger partial charge is 0.132 e. The average Bonchev–Trinajstić information content (AvgIpc) is 2.86. The van der Waals surface area contributed by atoms with Crippen molar-refractivity contribution in [3.05, 3.63) is 24.3 Å². The number of ether oxygens (including phenoxy) is 1. The molecule has 94 valence electrons. The summed E-state index contributed by atoms with van der Waals surface area (Å²) in [5.41, 5.74) is 0.505. The minimum Gasteiger partial charge on any atom is -0.496 e. The molecule has 3 heteroatoms. The minimum atomic E-state index is 0.505. The molecule has 2 rings (SSSR count). The number of alkyl halides is 1. The van der Waals surface area contributed by atoms with Gasteiger partial charge in [0.25, 0.3) is 0 Å².